The molecule has 2 atom stereocenters. The molecular formula is C25H25NO8S. The van der Waals surface area contributed by atoms with Crippen molar-refractivity contribution in [3.8, 4) is 5.75 Å². The van der Waals surface area contributed by atoms with Crippen LogP contribution in [0.4, 0.5) is 0 Å². The minimum atomic E-state index is -4.33. The molecule has 0 saturated heterocycles. The lowest BCUT2D eigenvalue weighted by Crippen LogP contribution is -2.37. The van der Waals surface area contributed by atoms with Crippen molar-refractivity contribution in [3.05, 3.63) is 72.3 Å². The Balaban J connectivity index is 1.97. The Hall–Kier alpha value is -3.76. The lowest BCUT2D eigenvalue weighted by atomic mass is 10.0. The summed E-state index contributed by atoms with van der Waals surface area (Å²) in [7, 11) is -4.33. The summed E-state index contributed by atoms with van der Waals surface area (Å²) in [6.45, 7) is 1.85. The van der Waals surface area contributed by atoms with Gasteiger partial charge in [-0.2, -0.15) is 0 Å². The van der Waals surface area contributed by atoms with Gasteiger partial charge in [0.15, 0.2) is 0 Å². The van der Waals surface area contributed by atoms with Gasteiger partial charge in [-0.05, 0) is 41.5 Å². The normalized spacial score (nSPS) is 13.1. The second-order valence-electron chi connectivity index (χ2n) is 7.63. The van der Waals surface area contributed by atoms with Crippen LogP contribution in [0.3, 0.4) is 0 Å². The van der Waals surface area contributed by atoms with Crippen LogP contribution >= 0.6 is 0 Å². The van der Waals surface area contributed by atoms with Gasteiger partial charge < -0.3 is 19.4 Å². The van der Waals surface area contributed by atoms with Crippen molar-refractivity contribution in [2.45, 2.75) is 36.8 Å². The zero-order chi connectivity index (χ0) is 25.4. The van der Waals surface area contributed by atoms with Gasteiger partial charge in [-0.3, -0.25) is 9.59 Å². The number of carboxylic acids is 1. The number of benzene rings is 3. The van der Waals surface area contributed by atoms with Crippen LogP contribution < -0.4 is 9.46 Å². The van der Waals surface area contributed by atoms with Crippen LogP contribution in [0.1, 0.15) is 31.4 Å². The van der Waals surface area contributed by atoms with Crippen molar-refractivity contribution < 1.29 is 37.4 Å². The summed E-state index contributed by atoms with van der Waals surface area (Å²) < 4.78 is 39.2. The van der Waals surface area contributed by atoms with E-state index in [-0.39, 0.29) is 30.0 Å². The Labute approximate surface area is 202 Å². The number of ether oxygens (including phenoxy) is 2. The summed E-state index contributed by atoms with van der Waals surface area (Å²) in [5.41, 5.74) is 0.633. The van der Waals surface area contributed by atoms with Crippen molar-refractivity contribution in [3.63, 3.8) is 0 Å². The van der Waals surface area contributed by atoms with Gasteiger partial charge in [0.25, 0.3) is 0 Å². The van der Waals surface area contributed by atoms with Crippen LogP contribution in [0.25, 0.3) is 10.8 Å². The van der Waals surface area contributed by atoms with Gasteiger partial charge >= 0.3 is 11.9 Å². The van der Waals surface area contributed by atoms with E-state index in [1.807, 2.05) is 36.4 Å². The number of para-hydroxylation sites is 1. The fourth-order valence-electron chi connectivity index (χ4n) is 3.50. The van der Waals surface area contributed by atoms with E-state index in [1.165, 1.54) is 18.2 Å². The molecule has 1 unspecified atom stereocenters. The largest absolute Gasteiger partial charge is 0.484 e. The average molecular weight is 500 g/mol. The third-order valence-corrected chi connectivity index (χ3v) is 6.61. The molecule has 3 rings (SSSR count). The second kappa shape index (κ2) is 11.6. The van der Waals surface area contributed by atoms with Crippen molar-refractivity contribution in [1.29, 1.82) is 0 Å². The minimum Gasteiger partial charge on any atom is -0.484 e. The van der Waals surface area contributed by atoms with Crippen LogP contribution in [0.2, 0.25) is 0 Å². The molecule has 0 spiro atoms. The van der Waals surface area contributed by atoms with Gasteiger partial charge in [0, 0.05) is 0 Å². The summed E-state index contributed by atoms with van der Waals surface area (Å²) >= 11 is 0. The summed E-state index contributed by atoms with van der Waals surface area (Å²) in [5.74, 6) is -1.92. The van der Waals surface area contributed by atoms with Gasteiger partial charge in [0.1, 0.15) is 23.0 Å². The van der Waals surface area contributed by atoms with Crippen LogP contribution in [0.15, 0.2) is 71.6 Å². The first-order chi connectivity index (χ1) is 16.7. The third kappa shape index (κ3) is 6.87. The number of hydrogen-bond donors (Lipinski definition) is 2. The van der Waals surface area contributed by atoms with E-state index in [0.29, 0.717) is 5.56 Å². The molecule has 10 heteroatoms. The summed E-state index contributed by atoms with van der Waals surface area (Å²) in [5, 5.41) is 10.8. The van der Waals surface area contributed by atoms with Crippen molar-refractivity contribution in [2.75, 3.05) is 6.61 Å². The lowest BCUT2D eigenvalue weighted by Gasteiger charge is -2.22. The summed E-state index contributed by atoms with van der Waals surface area (Å²) in [6, 6.07) is 17.4. The van der Waals surface area contributed by atoms with E-state index in [0.717, 1.165) is 10.8 Å². The molecule has 0 radical (unpaired) electrons. The number of carbonyl (C=O) groups excluding carboxylic acids is 2. The fraction of sp³-hybridized carbons (Fsp3) is 0.240. The molecule has 0 bridgehead atoms. The topological polar surface area (TPSA) is 136 Å². The van der Waals surface area contributed by atoms with Crippen LogP contribution in [-0.4, -0.2) is 44.4 Å². The Kier molecular flexibility index (Phi) is 8.56. The van der Waals surface area contributed by atoms with Crippen LogP contribution in [-0.2, 0) is 29.1 Å². The highest BCUT2D eigenvalue weighted by atomic mass is 32.2. The Morgan fingerprint density at radius 2 is 1.69 bits per heavy atom. The first-order valence-corrected chi connectivity index (χ1v) is 12.3. The van der Waals surface area contributed by atoms with Gasteiger partial charge in [-0.15, -0.1) is 0 Å². The predicted molar refractivity (Wildman–Crippen MR) is 127 cm³/mol. The van der Waals surface area contributed by atoms with Crippen molar-refractivity contribution in [1.82, 2.24) is 4.72 Å². The van der Waals surface area contributed by atoms with Gasteiger partial charge in [-0.25, -0.2) is 13.1 Å². The standard InChI is InChI=1S/C25H25NO8S/c1-2-33-25(30)15-22(19-12-11-17-7-3-4-8-18(17)13-19)34-21-9-5-6-10-23(21)35(31,32)26-20(16-27)14-24(28)29/h3-13,16,20,22,26H,2,14-15H2,1H3,(H,28,29)/t20-,22?/m0/s1. The Morgan fingerprint density at radius 3 is 2.37 bits per heavy atom. The molecule has 9 nitrogen and oxygen atoms in total. The highest BCUT2D eigenvalue weighted by molar-refractivity contribution is 7.89. The quantitative estimate of drug-likeness (QED) is 0.286. The highest BCUT2D eigenvalue weighted by Crippen LogP contribution is 2.32. The number of sulfonamides is 1. The molecule has 3 aromatic carbocycles. The molecule has 0 aliphatic heterocycles. The molecule has 3 aromatic rings. The number of rotatable bonds is 12. The number of carbonyl (C=O) groups is 3. The average Bonchev–Trinajstić information content (AvgIpc) is 2.83. The molecule has 2 N–H and O–H groups in total. The zero-order valence-electron chi connectivity index (χ0n) is 18.9. The zero-order valence-corrected chi connectivity index (χ0v) is 19.7. The minimum absolute atomic E-state index is 0.0672. The van der Waals surface area contributed by atoms with Gasteiger partial charge in [0.05, 0.1) is 25.5 Å². The van der Waals surface area contributed by atoms with Crippen molar-refractivity contribution in [2.24, 2.45) is 0 Å². The molecule has 0 saturated carbocycles. The number of hydrogen-bond acceptors (Lipinski definition) is 7. The van der Waals surface area contributed by atoms with E-state index in [2.05, 4.69) is 4.72 Å². The maximum Gasteiger partial charge on any atom is 0.309 e. The molecule has 35 heavy (non-hydrogen) atoms. The highest BCUT2D eigenvalue weighted by Gasteiger charge is 2.27. The maximum absolute atomic E-state index is 13.0. The van der Waals surface area contributed by atoms with Gasteiger partial charge in [-0.1, -0.05) is 48.5 Å². The number of fused-ring (bicyclic) bond motifs is 1. The number of aldehydes is 1. The molecule has 0 aliphatic carbocycles. The number of carboxylic acid groups (broad SMARTS) is 1. The lowest BCUT2D eigenvalue weighted by molar-refractivity contribution is -0.145. The van der Waals surface area contributed by atoms with E-state index < -0.39 is 40.5 Å². The molecule has 0 amide bonds. The SMILES string of the molecule is CCOC(=O)CC(Oc1ccccc1S(=O)(=O)N[C@H](C=O)CC(=O)O)c1ccc2ccccc2c1. The van der Waals surface area contributed by atoms with E-state index in [1.54, 1.807) is 19.1 Å². The number of aliphatic carboxylic acids is 1. The smallest absolute Gasteiger partial charge is 0.309 e. The first kappa shape index (κ1) is 25.9. The maximum atomic E-state index is 13.0. The fourth-order valence-corrected chi connectivity index (χ4v) is 4.80. The second-order valence-corrected chi connectivity index (χ2v) is 9.31. The molecule has 0 heterocycles. The third-order valence-electron chi connectivity index (χ3n) is 5.08. The first-order valence-electron chi connectivity index (χ1n) is 10.8. The van der Waals surface area contributed by atoms with E-state index >= 15 is 0 Å². The van der Waals surface area contributed by atoms with E-state index in [4.69, 9.17) is 14.6 Å². The monoisotopic (exact) mass is 499 g/mol. The molecule has 184 valence electrons. The molecule has 0 aliphatic rings. The van der Waals surface area contributed by atoms with E-state index in [9.17, 15) is 22.8 Å². The molecular weight excluding hydrogens is 474 g/mol. The summed E-state index contributed by atoms with van der Waals surface area (Å²) in [6.07, 6.45) is -1.55. The van der Waals surface area contributed by atoms with Gasteiger partial charge in [0.2, 0.25) is 10.0 Å². The molecule has 0 aromatic heterocycles. The van der Waals surface area contributed by atoms with Crippen molar-refractivity contribution >= 4 is 39.0 Å². The predicted octanol–water partition coefficient (Wildman–Crippen LogP) is 3.23. The van der Waals surface area contributed by atoms with Crippen LogP contribution in [0, 0.1) is 0 Å². The Morgan fingerprint density at radius 1 is 1.00 bits per heavy atom. The Bertz CT molecular complexity index is 1320. The molecule has 0 fully saturated rings. The summed E-state index contributed by atoms with van der Waals surface area (Å²) in [4.78, 5) is 34.2. The van der Waals surface area contributed by atoms with Crippen LogP contribution in [0.5, 0.6) is 5.75 Å². The number of nitrogens with one attached hydrogen (secondary N) is 1. The number of esters is 1.